The van der Waals surface area contributed by atoms with Crippen LogP contribution in [0.1, 0.15) is 29.6 Å². The molecule has 0 aromatic heterocycles. The van der Waals surface area contributed by atoms with Gasteiger partial charge in [0.25, 0.3) is 0 Å². The van der Waals surface area contributed by atoms with Gasteiger partial charge in [-0.3, -0.25) is 9.59 Å². The summed E-state index contributed by atoms with van der Waals surface area (Å²) in [6.45, 7) is 0. The number of phenolic OH excluding ortho intramolecular Hbond substituents is 1. The SMILES string of the molecule is COc1cc(C=O)ccc1O.O=C(O)C1CCC1. The quantitative estimate of drug-likeness (QED) is 0.805. The second-order valence-corrected chi connectivity index (χ2v) is 4.02. The number of hydrogen-bond acceptors (Lipinski definition) is 4. The Hall–Kier alpha value is -2.04. The van der Waals surface area contributed by atoms with Gasteiger partial charge >= 0.3 is 5.97 Å². The summed E-state index contributed by atoms with van der Waals surface area (Å²) in [6.07, 6.45) is 3.60. The van der Waals surface area contributed by atoms with E-state index in [9.17, 15) is 9.59 Å². The zero-order valence-corrected chi connectivity index (χ0v) is 10.1. The lowest BCUT2D eigenvalue weighted by Gasteiger charge is -2.19. The van der Waals surface area contributed by atoms with Crippen molar-refractivity contribution in [1.82, 2.24) is 0 Å². The van der Waals surface area contributed by atoms with E-state index in [0.29, 0.717) is 17.6 Å². The number of aromatic hydroxyl groups is 1. The Morgan fingerprint density at radius 2 is 2.11 bits per heavy atom. The monoisotopic (exact) mass is 252 g/mol. The highest BCUT2D eigenvalue weighted by molar-refractivity contribution is 5.76. The molecule has 0 bridgehead atoms. The van der Waals surface area contributed by atoms with E-state index in [1.807, 2.05) is 0 Å². The molecule has 0 radical (unpaired) electrons. The summed E-state index contributed by atoms with van der Waals surface area (Å²) in [5.41, 5.74) is 0.486. The molecule has 5 heteroatoms. The number of benzene rings is 1. The minimum atomic E-state index is -0.619. The van der Waals surface area contributed by atoms with Gasteiger partial charge in [-0.1, -0.05) is 6.42 Å². The molecular weight excluding hydrogens is 236 g/mol. The minimum absolute atomic E-state index is 0.000000000000000444. The van der Waals surface area contributed by atoms with Crippen LogP contribution in [0.2, 0.25) is 0 Å². The van der Waals surface area contributed by atoms with Crippen LogP contribution in [-0.2, 0) is 4.79 Å². The average molecular weight is 252 g/mol. The molecule has 1 fully saturated rings. The molecule has 2 rings (SSSR count). The highest BCUT2D eigenvalue weighted by atomic mass is 16.5. The second-order valence-electron chi connectivity index (χ2n) is 4.02. The van der Waals surface area contributed by atoms with Gasteiger partial charge in [0.2, 0.25) is 0 Å². The van der Waals surface area contributed by atoms with Gasteiger partial charge in [0.15, 0.2) is 11.5 Å². The lowest BCUT2D eigenvalue weighted by atomic mass is 9.86. The van der Waals surface area contributed by atoms with Crippen molar-refractivity contribution in [3.8, 4) is 11.5 Å². The van der Waals surface area contributed by atoms with Gasteiger partial charge in [-0.2, -0.15) is 0 Å². The Balaban J connectivity index is 0.000000199. The zero-order valence-electron chi connectivity index (χ0n) is 10.1. The number of carbonyl (C=O) groups is 2. The molecule has 1 aromatic rings. The molecule has 1 saturated carbocycles. The number of aliphatic carboxylic acids is 1. The van der Waals surface area contributed by atoms with Gasteiger partial charge in [0.1, 0.15) is 6.29 Å². The topological polar surface area (TPSA) is 83.8 Å². The van der Waals surface area contributed by atoms with E-state index in [1.165, 1.54) is 25.3 Å². The Bertz CT molecular complexity index is 423. The largest absolute Gasteiger partial charge is 0.504 e. The first-order valence-corrected chi connectivity index (χ1v) is 5.63. The predicted octanol–water partition coefficient (Wildman–Crippen LogP) is 2.08. The molecule has 1 aliphatic rings. The van der Waals surface area contributed by atoms with Crippen LogP contribution in [0.5, 0.6) is 11.5 Å². The van der Waals surface area contributed by atoms with Crippen molar-refractivity contribution in [3.05, 3.63) is 23.8 Å². The van der Waals surface area contributed by atoms with Crippen molar-refractivity contribution in [2.45, 2.75) is 19.3 Å². The molecule has 5 nitrogen and oxygen atoms in total. The van der Waals surface area contributed by atoms with Crippen molar-refractivity contribution in [2.75, 3.05) is 7.11 Å². The number of rotatable bonds is 3. The van der Waals surface area contributed by atoms with E-state index >= 15 is 0 Å². The van der Waals surface area contributed by atoms with Crippen LogP contribution in [0.4, 0.5) is 0 Å². The molecule has 0 spiro atoms. The third-order valence-corrected chi connectivity index (χ3v) is 2.79. The number of carboxylic acids is 1. The van der Waals surface area contributed by atoms with Gasteiger partial charge in [-0.05, 0) is 31.0 Å². The molecule has 0 saturated heterocycles. The van der Waals surface area contributed by atoms with E-state index < -0.39 is 5.97 Å². The first kappa shape index (κ1) is 14.0. The fourth-order valence-electron chi connectivity index (χ4n) is 1.42. The smallest absolute Gasteiger partial charge is 0.306 e. The van der Waals surface area contributed by atoms with E-state index in [-0.39, 0.29) is 11.7 Å². The number of aldehydes is 1. The molecule has 2 N–H and O–H groups in total. The van der Waals surface area contributed by atoms with Crippen molar-refractivity contribution in [1.29, 1.82) is 0 Å². The summed E-state index contributed by atoms with van der Waals surface area (Å²) >= 11 is 0. The lowest BCUT2D eigenvalue weighted by Crippen LogP contribution is -2.20. The number of hydrogen-bond donors (Lipinski definition) is 2. The number of carboxylic acid groups (broad SMARTS) is 1. The molecule has 0 amide bonds. The van der Waals surface area contributed by atoms with Crippen LogP contribution >= 0.6 is 0 Å². The maximum atomic E-state index is 10.2. The maximum absolute atomic E-state index is 10.2. The van der Waals surface area contributed by atoms with Crippen molar-refractivity contribution >= 4 is 12.3 Å². The molecule has 0 aliphatic heterocycles. The van der Waals surface area contributed by atoms with E-state index in [4.69, 9.17) is 14.9 Å². The van der Waals surface area contributed by atoms with E-state index in [0.717, 1.165) is 19.3 Å². The van der Waals surface area contributed by atoms with Gasteiger partial charge in [-0.15, -0.1) is 0 Å². The molecule has 0 heterocycles. The summed E-state index contributed by atoms with van der Waals surface area (Å²) in [6, 6.07) is 4.41. The summed E-state index contributed by atoms with van der Waals surface area (Å²) in [4.78, 5) is 20.2. The highest BCUT2D eigenvalue weighted by Crippen LogP contribution is 2.26. The Morgan fingerprint density at radius 1 is 1.44 bits per heavy atom. The lowest BCUT2D eigenvalue weighted by molar-refractivity contribution is -0.144. The molecular formula is C13H16O5. The molecule has 18 heavy (non-hydrogen) atoms. The predicted molar refractivity (Wildman–Crippen MR) is 65.0 cm³/mol. The highest BCUT2D eigenvalue weighted by Gasteiger charge is 2.23. The number of carbonyl (C=O) groups excluding carboxylic acids is 1. The first-order valence-electron chi connectivity index (χ1n) is 5.63. The number of methoxy groups -OCH3 is 1. The van der Waals surface area contributed by atoms with Crippen LogP contribution in [0.3, 0.4) is 0 Å². The van der Waals surface area contributed by atoms with Crippen LogP contribution in [-0.4, -0.2) is 29.6 Å². The summed E-state index contributed by atoms with van der Waals surface area (Å²) in [5.74, 6) is -0.265. The van der Waals surface area contributed by atoms with Gasteiger partial charge < -0.3 is 14.9 Å². The molecule has 1 aliphatic carbocycles. The molecule has 0 unspecified atom stereocenters. The van der Waals surface area contributed by atoms with Gasteiger partial charge in [-0.25, -0.2) is 0 Å². The number of phenols is 1. The molecule has 98 valence electrons. The minimum Gasteiger partial charge on any atom is -0.504 e. The summed E-state index contributed by atoms with van der Waals surface area (Å²) in [5, 5.41) is 17.3. The standard InChI is InChI=1S/C8H8O3.C5H8O2/c1-11-8-4-6(5-9)2-3-7(8)10;6-5(7)4-2-1-3-4/h2-5,10H,1H3;4H,1-3H2,(H,6,7). The Kier molecular flexibility index (Phi) is 5.17. The summed E-state index contributed by atoms with van der Waals surface area (Å²) < 4.78 is 4.78. The van der Waals surface area contributed by atoms with E-state index in [1.54, 1.807) is 0 Å². The van der Waals surface area contributed by atoms with Crippen LogP contribution in [0, 0.1) is 5.92 Å². The molecule has 1 aromatic carbocycles. The van der Waals surface area contributed by atoms with Crippen LogP contribution in [0.15, 0.2) is 18.2 Å². The fraction of sp³-hybridized carbons (Fsp3) is 0.385. The van der Waals surface area contributed by atoms with Crippen molar-refractivity contribution < 1.29 is 24.5 Å². The first-order chi connectivity index (χ1) is 8.58. The van der Waals surface area contributed by atoms with Crippen molar-refractivity contribution in [2.24, 2.45) is 5.92 Å². The Labute approximate surface area is 105 Å². The van der Waals surface area contributed by atoms with E-state index in [2.05, 4.69) is 0 Å². The van der Waals surface area contributed by atoms with Crippen LogP contribution < -0.4 is 4.74 Å². The van der Waals surface area contributed by atoms with Gasteiger partial charge in [0, 0.05) is 5.56 Å². The number of ether oxygens (including phenoxy) is 1. The third-order valence-electron chi connectivity index (χ3n) is 2.79. The summed E-state index contributed by atoms with van der Waals surface area (Å²) in [7, 11) is 1.43. The Morgan fingerprint density at radius 3 is 2.44 bits per heavy atom. The maximum Gasteiger partial charge on any atom is 0.306 e. The second kappa shape index (κ2) is 6.64. The zero-order chi connectivity index (χ0) is 13.5. The van der Waals surface area contributed by atoms with Crippen LogP contribution in [0.25, 0.3) is 0 Å². The van der Waals surface area contributed by atoms with Crippen molar-refractivity contribution in [3.63, 3.8) is 0 Å². The normalized spacial score (nSPS) is 13.8. The average Bonchev–Trinajstić information content (AvgIpc) is 2.27. The van der Waals surface area contributed by atoms with Gasteiger partial charge in [0.05, 0.1) is 13.0 Å². The molecule has 0 atom stereocenters. The fourth-order valence-corrected chi connectivity index (χ4v) is 1.42. The third kappa shape index (κ3) is 3.76.